The highest BCUT2D eigenvalue weighted by Gasteiger charge is 1.95. The van der Waals surface area contributed by atoms with Gasteiger partial charge in [-0.15, -0.1) is 0 Å². The van der Waals surface area contributed by atoms with E-state index in [0.29, 0.717) is 0 Å². The zero-order valence-corrected chi connectivity index (χ0v) is 8.19. The highest BCUT2D eigenvalue weighted by atomic mass is 16.5. The first kappa shape index (κ1) is 10.1. The monoisotopic (exact) mass is 184 g/mol. The van der Waals surface area contributed by atoms with Gasteiger partial charge < -0.3 is 9.47 Å². The molecule has 0 N–H and O–H groups in total. The Morgan fingerprint density at radius 3 is 2.77 bits per heavy atom. The highest BCUT2D eigenvalue weighted by molar-refractivity contribution is 5.10. The molecule has 0 radical (unpaired) electrons. The second kappa shape index (κ2) is 5.59. The van der Waals surface area contributed by atoms with Crippen LogP contribution in [0.3, 0.4) is 0 Å². The molecule has 0 fully saturated rings. The first-order chi connectivity index (χ1) is 6.33. The molecule has 1 aromatic heterocycles. The first-order valence-corrected chi connectivity index (χ1v) is 4.43. The molecule has 74 valence electrons. The van der Waals surface area contributed by atoms with Crippen molar-refractivity contribution in [2.75, 3.05) is 20.3 Å². The topological polar surface area (TPSA) is 36.3 Å². The minimum Gasteiger partial charge on any atom is -0.490 e. The third-order valence-electron chi connectivity index (χ3n) is 1.69. The van der Waals surface area contributed by atoms with Crippen LogP contribution in [0.1, 0.15) is 12.8 Å². The molecular formula is C9H16N2O2. The number of rotatable bonds is 6. The van der Waals surface area contributed by atoms with E-state index in [9.17, 15) is 0 Å². The summed E-state index contributed by atoms with van der Waals surface area (Å²) in [6.45, 7) is 1.53. The fourth-order valence-corrected chi connectivity index (χ4v) is 1.01. The Labute approximate surface area is 78.5 Å². The average molecular weight is 184 g/mol. The number of aryl methyl sites for hydroxylation is 1. The molecule has 0 bridgehead atoms. The number of nitrogens with zero attached hydrogens (tertiary/aromatic N) is 2. The van der Waals surface area contributed by atoms with Gasteiger partial charge >= 0.3 is 0 Å². The van der Waals surface area contributed by atoms with E-state index < -0.39 is 0 Å². The van der Waals surface area contributed by atoms with Crippen LogP contribution in [0.15, 0.2) is 12.4 Å². The Hall–Kier alpha value is -1.03. The Balaban J connectivity index is 2.06. The van der Waals surface area contributed by atoms with Gasteiger partial charge in [-0.3, -0.25) is 4.68 Å². The van der Waals surface area contributed by atoms with Gasteiger partial charge in [0.15, 0.2) is 5.75 Å². The van der Waals surface area contributed by atoms with Crippen molar-refractivity contribution in [3.63, 3.8) is 0 Å². The van der Waals surface area contributed by atoms with Crippen LogP contribution in [-0.4, -0.2) is 30.1 Å². The second-order valence-electron chi connectivity index (χ2n) is 2.90. The second-order valence-corrected chi connectivity index (χ2v) is 2.90. The van der Waals surface area contributed by atoms with Gasteiger partial charge in [0.1, 0.15) is 0 Å². The van der Waals surface area contributed by atoms with Crippen LogP contribution in [-0.2, 0) is 11.8 Å². The van der Waals surface area contributed by atoms with Crippen LogP contribution in [0.2, 0.25) is 0 Å². The lowest BCUT2D eigenvalue weighted by molar-refractivity contribution is 0.184. The molecule has 1 heterocycles. The van der Waals surface area contributed by atoms with E-state index in [1.807, 2.05) is 13.2 Å². The van der Waals surface area contributed by atoms with Crippen LogP contribution in [0.5, 0.6) is 5.75 Å². The number of hydrogen-bond acceptors (Lipinski definition) is 3. The molecule has 0 amide bonds. The number of unbranched alkanes of at least 4 members (excludes halogenated alkanes) is 1. The van der Waals surface area contributed by atoms with E-state index in [0.717, 1.165) is 31.8 Å². The lowest BCUT2D eigenvalue weighted by Crippen LogP contribution is -1.98. The van der Waals surface area contributed by atoms with Gasteiger partial charge in [-0.05, 0) is 12.8 Å². The van der Waals surface area contributed by atoms with Gasteiger partial charge in [0.25, 0.3) is 0 Å². The Morgan fingerprint density at radius 2 is 2.15 bits per heavy atom. The predicted molar refractivity (Wildman–Crippen MR) is 49.8 cm³/mol. The summed E-state index contributed by atoms with van der Waals surface area (Å²) >= 11 is 0. The van der Waals surface area contributed by atoms with Crippen LogP contribution in [0, 0.1) is 0 Å². The fraction of sp³-hybridized carbons (Fsp3) is 0.667. The van der Waals surface area contributed by atoms with Crippen molar-refractivity contribution in [2.45, 2.75) is 12.8 Å². The summed E-state index contributed by atoms with van der Waals surface area (Å²) in [5.74, 6) is 0.833. The minimum absolute atomic E-state index is 0.731. The van der Waals surface area contributed by atoms with Gasteiger partial charge in [0.2, 0.25) is 0 Å². The molecule has 0 spiro atoms. The molecule has 4 nitrogen and oxygen atoms in total. The molecule has 13 heavy (non-hydrogen) atoms. The molecule has 4 heteroatoms. The molecule has 0 unspecified atom stereocenters. The van der Waals surface area contributed by atoms with Crippen LogP contribution in [0.25, 0.3) is 0 Å². The third kappa shape index (κ3) is 3.94. The van der Waals surface area contributed by atoms with E-state index in [4.69, 9.17) is 9.47 Å². The Kier molecular flexibility index (Phi) is 4.32. The SMILES string of the molecule is COCCCCOc1cnn(C)c1. The Bertz CT molecular complexity index is 235. The number of hydrogen-bond donors (Lipinski definition) is 0. The summed E-state index contributed by atoms with van der Waals surface area (Å²) in [4.78, 5) is 0. The maximum absolute atomic E-state index is 5.43. The normalized spacial score (nSPS) is 10.3. The van der Waals surface area contributed by atoms with E-state index in [-0.39, 0.29) is 0 Å². The number of aromatic nitrogens is 2. The van der Waals surface area contributed by atoms with Crippen molar-refractivity contribution in [3.05, 3.63) is 12.4 Å². The van der Waals surface area contributed by atoms with Crippen molar-refractivity contribution in [1.82, 2.24) is 9.78 Å². The van der Waals surface area contributed by atoms with Crippen molar-refractivity contribution in [2.24, 2.45) is 7.05 Å². The average Bonchev–Trinajstić information content (AvgIpc) is 2.51. The van der Waals surface area contributed by atoms with Crippen molar-refractivity contribution in [1.29, 1.82) is 0 Å². The van der Waals surface area contributed by atoms with Crippen molar-refractivity contribution in [3.8, 4) is 5.75 Å². The van der Waals surface area contributed by atoms with Gasteiger partial charge in [0.05, 0.1) is 19.0 Å². The quantitative estimate of drug-likeness (QED) is 0.624. The van der Waals surface area contributed by atoms with Gasteiger partial charge in [-0.1, -0.05) is 0 Å². The Morgan fingerprint density at radius 1 is 1.38 bits per heavy atom. The zero-order valence-electron chi connectivity index (χ0n) is 8.19. The fourth-order valence-electron chi connectivity index (χ4n) is 1.01. The molecule has 0 saturated carbocycles. The molecule has 0 aliphatic rings. The summed E-state index contributed by atoms with van der Waals surface area (Å²) in [6, 6.07) is 0. The molecule has 1 rings (SSSR count). The smallest absolute Gasteiger partial charge is 0.157 e. The molecule has 0 atom stereocenters. The number of ether oxygens (including phenoxy) is 2. The van der Waals surface area contributed by atoms with Crippen LogP contribution < -0.4 is 4.74 Å². The van der Waals surface area contributed by atoms with E-state index in [1.165, 1.54) is 0 Å². The maximum atomic E-state index is 5.43. The van der Waals surface area contributed by atoms with Gasteiger partial charge in [-0.25, -0.2) is 0 Å². The maximum Gasteiger partial charge on any atom is 0.157 e. The molecular weight excluding hydrogens is 168 g/mol. The highest BCUT2D eigenvalue weighted by Crippen LogP contribution is 2.07. The summed E-state index contributed by atoms with van der Waals surface area (Å²) in [5, 5.41) is 4.00. The minimum atomic E-state index is 0.731. The summed E-state index contributed by atoms with van der Waals surface area (Å²) in [7, 11) is 3.58. The van der Waals surface area contributed by atoms with Crippen LogP contribution >= 0.6 is 0 Å². The van der Waals surface area contributed by atoms with Crippen molar-refractivity contribution >= 4 is 0 Å². The standard InChI is InChI=1S/C9H16N2O2/c1-11-8-9(7-10-11)13-6-4-3-5-12-2/h7-8H,3-6H2,1-2H3. The molecule has 0 aromatic carbocycles. The number of methoxy groups -OCH3 is 1. The molecule has 1 aromatic rings. The largest absolute Gasteiger partial charge is 0.490 e. The summed E-state index contributed by atoms with van der Waals surface area (Å²) in [5.41, 5.74) is 0. The van der Waals surface area contributed by atoms with Crippen molar-refractivity contribution < 1.29 is 9.47 Å². The lowest BCUT2D eigenvalue weighted by atomic mass is 10.3. The van der Waals surface area contributed by atoms with E-state index >= 15 is 0 Å². The molecule has 0 aliphatic carbocycles. The van der Waals surface area contributed by atoms with E-state index in [2.05, 4.69) is 5.10 Å². The summed E-state index contributed by atoms with van der Waals surface area (Å²) < 4.78 is 12.1. The summed E-state index contributed by atoms with van der Waals surface area (Å²) in [6.07, 6.45) is 5.63. The predicted octanol–water partition coefficient (Wildman–Crippen LogP) is 1.23. The van der Waals surface area contributed by atoms with E-state index in [1.54, 1.807) is 18.0 Å². The lowest BCUT2D eigenvalue weighted by Gasteiger charge is -2.01. The van der Waals surface area contributed by atoms with Gasteiger partial charge in [-0.2, -0.15) is 5.10 Å². The van der Waals surface area contributed by atoms with Gasteiger partial charge in [0, 0.05) is 20.8 Å². The zero-order chi connectivity index (χ0) is 9.52. The van der Waals surface area contributed by atoms with Crippen LogP contribution in [0.4, 0.5) is 0 Å². The molecule has 0 saturated heterocycles. The first-order valence-electron chi connectivity index (χ1n) is 4.43. The third-order valence-corrected chi connectivity index (χ3v) is 1.69. The molecule has 0 aliphatic heterocycles.